The Morgan fingerprint density at radius 2 is 1.94 bits per heavy atom. The van der Waals surface area contributed by atoms with Crippen LogP contribution < -0.4 is 11.1 Å². The molecule has 0 heterocycles. The van der Waals surface area contributed by atoms with Gasteiger partial charge in [0, 0.05) is 6.04 Å². The van der Waals surface area contributed by atoms with Gasteiger partial charge in [-0.3, -0.25) is 0 Å². The van der Waals surface area contributed by atoms with Gasteiger partial charge in [-0.2, -0.15) is 13.2 Å². The van der Waals surface area contributed by atoms with Crippen molar-refractivity contribution in [1.29, 1.82) is 0 Å². The average molecular weight is 244 g/mol. The molecule has 1 aliphatic carbocycles. The monoisotopic (exact) mass is 244 g/mol. The van der Waals surface area contributed by atoms with Gasteiger partial charge < -0.3 is 11.1 Å². The van der Waals surface area contributed by atoms with Gasteiger partial charge in [0.25, 0.3) is 0 Å². The number of rotatable bonds is 2. The molecule has 0 unspecified atom stereocenters. The van der Waals surface area contributed by atoms with E-state index >= 15 is 0 Å². The maximum absolute atomic E-state index is 12.4. The maximum atomic E-state index is 12.4. The molecule has 0 bridgehead atoms. The predicted octanol–water partition coefficient (Wildman–Crippen LogP) is 3.50. The molecule has 0 radical (unpaired) electrons. The van der Waals surface area contributed by atoms with Crippen LogP contribution >= 0.6 is 0 Å². The molecule has 94 valence electrons. The van der Waals surface area contributed by atoms with Crippen LogP contribution in [0.5, 0.6) is 0 Å². The largest absolute Gasteiger partial charge is 0.416 e. The number of nitrogens with one attached hydrogen (secondary N) is 1. The Kier molecular flexibility index (Phi) is 2.93. The van der Waals surface area contributed by atoms with Crippen LogP contribution in [-0.2, 0) is 6.18 Å². The molecular formula is C12H15F3N2. The second-order valence-corrected chi connectivity index (χ2v) is 4.72. The lowest BCUT2D eigenvalue weighted by Gasteiger charge is -2.34. The maximum Gasteiger partial charge on any atom is 0.416 e. The molecule has 0 aromatic heterocycles. The van der Waals surface area contributed by atoms with Gasteiger partial charge in [-0.15, -0.1) is 0 Å². The van der Waals surface area contributed by atoms with E-state index in [0.717, 1.165) is 25.0 Å². The normalized spacial score (nSPS) is 24.2. The van der Waals surface area contributed by atoms with Crippen LogP contribution in [0.15, 0.2) is 18.2 Å². The van der Waals surface area contributed by atoms with Crippen molar-refractivity contribution in [1.82, 2.24) is 0 Å². The van der Waals surface area contributed by atoms with Gasteiger partial charge in [0.1, 0.15) is 0 Å². The van der Waals surface area contributed by atoms with Gasteiger partial charge in [0.15, 0.2) is 0 Å². The third-order valence-electron chi connectivity index (χ3n) is 3.11. The van der Waals surface area contributed by atoms with Crippen molar-refractivity contribution < 1.29 is 13.2 Å². The summed E-state index contributed by atoms with van der Waals surface area (Å²) in [6.45, 7) is 2.15. The first-order valence-corrected chi connectivity index (χ1v) is 5.59. The molecule has 0 aliphatic heterocycles. The summed E-state index contributed by atoms with van der Waals surface area (Å²) in [5, 5.41) is 3.16. The Hall–Kier alpha value is -1.39. The molecule has 3 N–H and O–H groups in total. The SMILES string of the molecule is CC1CC(Nc2ccc(C(F)(F)F)cc2N)C1. The quantitative estimate of drug-likeness (QED) is 0.781. The third-order valence-corrected chi connectivity index (χ3v) is 3.11. The minimum absolute atomic E-state index is 0.152. The minimum Gasteiger partial charge on any atom is -0.397 e. The number of nitrogen functional groups attached to an aromatic ring is 1. The Morgan fingerprint density at radius 1 is 1.29 bits per heavy atom. The average Bonchev–Trinajstić information content (AvgIpc) is 2.16. The number of hydrogen-bond acceptors (Lipinski definition) is 2. The lowest BCUT2D eigenvalue weighted by atomic mass is 9.82. The molecule has 0 amide bonds. The van der Waals surface area contributed by atoms with E-state index in [-0.39, 0.29) is 5.69 Å². The molecule has 0 saturated heterocycles. The summed E-state index contributed by atoms with van der Waals surface area (Å²) in [6.07, 6.45) is -2.25. The number of anilines is 2. The molecule has 2 rings (SSSR count). The number of halogens is 3. The molecule has 0 atom stereocenters. The van der Waals surface area contributed by atoms with Gasteiger partial charge in [-0.25, -0.2) is 0 Å². The fourth-order valence-electron chi connectivity index (χ4n) is 2.11. The Labute approximate surface area is 98.0 Å². The zero-order valence-corrected chi connectivity index (χ0v) is 9.51. The molecule has 0 spiro atoms. The molecule has 1 saturated carbocycles. The lowest BCUT2D eigenvalue weighted by molar-refractivity contribution is -0.137. The molecule has 5 heteroatoms. The van der Waals surface area contributed by atoms with Crippen molar-refractivity contribution in [3.63, 3.8) is 0 Å². The highest BCUT2D eigenvalue weighted by atomic mass is 19.4. The summed E-state index contributed by atoms with van der Waals surface area (Å²) in [7, 11) is 0. The first kappa shape index (κ1) is 12.1. The summed E-state index contributed by atoms with van der Waals surface area (Å²) in [6, 6.07) is 3.77. The van der Waals surface area contributed by atoms with Crippen LogP contribution in [0.1, 0.15) is 25.3 Å². The molecular weight excluding hydrogens is 229 g/mol. The van der Waals surface area contributed by atoms with E-state index in [2.05, 4.69) is 12.2 Å². The summed E-state index contributed by atoms with van der Waals surface area (Å²) in [5.74, 6) is 0.683. The zero-order valence-electron chi connectivity index (χ0n) is 9.51. The van der Waals surface area contributed by atoms with Gasteiger partial charge in [-0.05, 0) is 37.0 Å². The first-order valence-electron chi connectivity index (χ1n) is 5.59. The van der Waals surface area contributed by atoms with Crippen molar-refractivity contribution in [2.24, 2.45) is 5.92 Å². The Balaban J connectivity index is 2.09. The second kappa shape index (κ2) is 4.13. The number of nitrogens with two attached hydrogens (primary N) is 1. The van der Waals surface area contributed by atoms with Crippen molar-refractivity contribution in [3.05, 3.63) is 23.8 Å². The van der Waals surface area contributed by atoms with Crippen LogP contribution in [0.2, 0.25) is 0 Å². The topological polar surface area (TPSA) is 38.0 Å². The van der Waals surface area contributed by atoms with Crippen molar-refractivity contribution in [2.45, 2.75) is 32.0 Å². The van der Waals surface area contributed by atoms with Crippen LogP contribution in [0.25, 0.3) is 0 Å². The summed E-state index contributed by atoms with van der Waals surface area (Å²) in [5.41, 5.74) is 5.66. The van der Waals surface area contributed by atoms with E-state index < -0.39 is 11.7 Å². The molecule has 1 fully saturated rings. The highest BCUT2D eigenvalue weighted by molar-refractivity contribution is 5.67. The highest BCUT2D eigenvalue weighted by Gasteiger charge is 2.31. The first-order chi connectivity index (χ1) is 7.86. The van der Waals surface area contributed by atoms with Gasteiger partial charge in [0.05, 0.1) is 16.9 Å². The summed E-state index contributed by atoms with van der Waals surface area (Å²) < 4.78 is 37.2. The van der Waals surface area contributed by atoms with Gasteiger partial charge >= 0.3 is 6.18 Å². The van der Waals surface area contributed by atoms with E-state index in [1.165, 1.54) is 6.07 Å². The summed E-state index contributed by atoms with van der Waals surface area (Å²) in [4.78, 5) is 0. The van der Waals surface area contributed by atoms with Crippen LogP contribution in [0.4, 0.5) is 24.5 Å². The Morgan fingerprint density at radius 3 is 2.41 bits per heavy atom. The van der Waals surface area contributed by atoms with Crippen molar-refractivity contribution >= 4 is 11.4 Å². The molecule has 2 nitrogen and oxygen atoms in total. The minimum atomic E-state index is -4.34. The smallest absolute Gasteiger partial charge is 0.397 e. The second-order valence-electron chi connectivity index (χ2n) is 4.72. The van der Waals surface area contributed by atoms with E-state index in [1.54, 1.807) is 0 Å². The molecule has 17 heavy (non-hydrogen) atoms. The molecule has 1 aromatic carbocycles. The van der Waals surface area contributed by atoms with E-state index in [0.29, 0.717) is 17.6 Å². The zero-order chi connectivity index (χ0) is 12.6. The molecule has 1 aliphatic rings. The summed E-state index contributed by atoms with van der Waals surface area (Å²) >= 11 is 0. The van der Waals surface area contributed by atoms with Crippen LogP contribution in [-0.4, -0.2) is 6.04 Å². The van der Waals surface area contributed by atoms with Gasteiger partial charge in [-0.1, -0.05) is 6.92 Å². The van der Waals surface area contributed by atoms with E-state index in [1.807, 2.05) is 0 Å². The highest BCUT2D eigenvalue weighted by Crippen LogP contribution is 2.35. The van der Waals surface area contributed by atoms with E-state index in [9.17, 15) is 13.2 Å². The van der Waals surface area contributed by atoms with Crippen molar-refractivity contribution in [3.8, 4) is 0 Å². The predicted molar refractivity (Wildman–Crippen MR) is 61.7 cm³/mol. The number of benzene rings is 1. The fourth-order valence-corrected chi connectivity index (χ4v) is 2.11. The van der Waals surface area contributed by atoms with Crippen LogP contribution in [0.3, 0.4) is 0 Å². The lowest BCUT2D eigenvalue weighted by Crippen LogP contribution is -2.34. The van der Waals surface area contributed by atoms with Gasteiger partial charge in [0.2, 0.25) is 0 Å². The molecule has 1 aromatic rings. The third kappa shape index (κ3) is 2.65. The Bertz CT molecular complexity index is 409. The number of alkyl halides is 3. The standard InChI is InChI=1S/C12H15F3N2/c1-7-4-9(5-7)17-11-3-2-8(6-10(11)16)12(13,14)15/h2-3,6-7,9,17H,4-5,16H2,1H3. The van der Waals surface area contributed by atoms with Crippen molar-refractivity contribution in [2.75, 3.05) is 11.1 Å². The van der Waals surface area contributed by atoms with Crippen LogP contribution in [0, 0.1) is 5.92 Å². The fraction of sp³-hybridized carbons (Fsp3) is 0.500. The van der Waals surface area contributed by atoms with E-state index in [4.69, 9.17) is 5.73 Å². The number of hydrogen-bond donors (Lipinski definition) is 2.